The Kier molecular flexibility index (Phi) is 4.84. The molecule has 0 spiro atoms. The maximum atomic E-state index is 12.4. The standard InChI is InChI=1S/C21H32O/c1-7-15-13-17-18(14-16(15)19(22)8-2)21(6,10-4)12-11-20(17,5)9-3/h13-14H,7-12H2,1-6H3. The van der Waals surface area contributed by atoms with Crippen LogP contribution < -0.4 is 0 Å². The molecule has 2 unspecified atom stereocenters. The molecular formula is C21H32O. The largest absolute Gasteiger partial charge is 0.294 e. The molecule has 1 aliphatic carbocycles. The van der Waals surface area contributed by atoms with Gasteiger partial charge >= 0.3 is 0 Å². The average Bonchev–Trinajstić information content (AvgIpc) is 2.56. The second-order valence-corrected chi connectivity index (χ2v) is 7.51. The molecule has 0 fully saturated rings. The Morgan fingerprint density at radius 3 is 1.86 bits per heavy atom. The zero-order chi connectivity index (χ0) is 16.5. The Balaban J connectivity index is 2.74. The lowest BCUT2D eigenvalue weighted by atomic mass is 9.59. The molecule has 0 aliphatic heterocycles. The first-order valence-corrected chi connectivity index (χ1v) is 9.06. The summed E-state index contributed by atoms with van der Waals surface area (Å²) in [6.45, 7) is 13.5. The minimum atomic E-state index is 0.221. The van der Waals surface area contributed by atoms with Gasteiger partial charge in [0.1, 0.15) is 0 Å². The Labute approximate surface area is 136 Å². The first-order chi connectivity index (χ1) is 10.3. The van der Waals surface area contributed by atoms with Crippen LogP contribution in [0.5, 0.6) is 0 Å². The van der Waals surface area contributed by atoms with Gasteiger partial charge in [-0.15, -0.1) is 0 Å². The molecule has 1 aromatic carbocycles. The smallest absolute Gasteiger partial charge is 0.162 e. The lowest BCUT2D eigenvalue weighted by Gasteiger charge is -2.45. The van der Waals surface area contributed by atoms with E-state index in [1.807, 2.05) is 6.92 Å². The summed E-state index contributed by atoms with van der Waals surface area (Å²) in [6, 6.07) is 4.63. The number of hydrogen-bond donors (Lipinski definition) is 0. The van der Waals surface area contributed by atoms with Crippen molar-refractivity contribution in [1.29, 1.82) is 0 Å². The maximum absolute atomic E-state index is 12.4. The quantitative estimate of drug-likeness (QED) is 0.612. The fourth-order valence-electron chi connectivity index (χ4n) is 3.94. The van der Waals surface area contributed by atoms with E-state index in [0.717, 1.165) is 18.4 Å². The fourth-order valence-corrected chi connectivity index (χ4v) is 3.94. The highest BCUT2D eigenvalue weighted by Crippen LogP contribution is 2.49. The van der Waals surface area contributed by atoms with Crippen LogP contribution in [0.15, 0.2) is 12.1 Å². The highest BCUT2D eigenvalue weighted by Gasteiger charge is 2.41. The summed E-state index contributed by atoms with van der Waals surface area (Å²) < 4.78 is 0. The van der Waals surface area contributed by atoms with Gasteiger partial charge in [0.05, 0.1) is 0 Å². The first kappa shape index (κ1) is 17.2. The molecule has 1 heteroatoms. The Hall–Kier alpha value is -1.11. The summed E-state index contributed by atoms with van der Waals surface area (Å²) in [4.78, 5) is 12.4. The van der Waals surface area contributed by atoms with E-state index in [-0.39, 0.29) is 10.8 Å². The van der Waals surface area contributed by atoms with Gasteiger partial charge in [0.2, 0.25) is 0 Å². The molecule has 0 N–H and O–H groups in total. The third-order valence-corrected chi connectivity index (χ3v) is 6.34. The van der Waals surface area contributed by atoms with Gasteiger partial charge in [-0.1, -0.05) is 47.6 Å². The van der Waals surface area contributed by atoms with E-state index in [0.29, 0.717) is 12.2 Å². The van der Waals surface area contributed by atoms with E-state index >= 15 is 0 Å². The van der Waals surface area contributed by atoms with E-state index in [1.54, 1.807) is 0 Å². The highest BCUT2D eigenvalue weighted by atomic mass is 16.1. The number of Topliss-reactive ketones (excluding diaryl/α,β-unsaturated/α-hetero) is 1. The van der Waals surface area contributed by atoms with Crippen LogP contribution in [0.3, 0.4) is 0 Å². The molecule has 0 bridgehead atoms. The molecule has 0 amide bonds. The molecule has 2 rings (SSSR count). The van der Waals surface area contributed by atoms with Crippen LogP contribution >= 0.6 is 0 Å². The van der Waals surface area contributed by atoms with Crippen LogP contribution in [0, 0.1) is 0 Å². The van der Waals surface area contributed by atoms with E-state index in [4.69, 9.17) is 0 Å². The third-order valence-electron chi connectivity index (χ3n) is 6.34. The molecule has 0 saturated carbocycles. The summed E-state index contributed by atoms with van der Waals surface area (Å²) >= 11 is 0. The number of carbonyl (C=O) groups excluding carboxylic acids is 1. The van der Waals surface area contributed by atoms with Crippen LogP contribution in [0.25, 0.3) is 0 Å². The summed E-state index contributed by atoms with van der Waals surface area (Å²) in [5.41, 5.74) is 5.66. The monoisotopic (exact) mass is 300 g/mol. The second kappa shape index (κ2) is 6.18. The van der Waals surface area contributed by atoms with Gasteiger partial charge in [0, 0.05) is 12.0 Å². The van der Waals surface area contributed by atoms with Crippen molar-refractivity contribution in [2.45, 2.75) is 90.9 Å². The fraction of sp³-hybridized carbons (Fsp3) is 0.667. The van der Waals surface area contributed by atoms with Gasteiger partial charge in [0.15, 0.2) is 5.78 Å². The Morgan fingerprint density at radius 1 is 0.955 bits per heavy atom. The molecule has 22 heavy (non-hydrogen) atoms. The molecule has 0 saturated heterocycles. The van der Waals surface area contributed by atoms with E-state index in [2.05, 4.69) is 46.8 Å². The van der Waals surface area contributed by atoms with Crippen LogP contribution in [0.2, 0.25) is 0 Å². The van der Waals surface area contributed by atoms with Gasteiger partial charge < -0.3 is 0 Å². The minimum Gasteiger partial charge on any atom is -0.294 e. The molecule has 2 atom stereocenters. The number of fused-ring (bicyclic) bond motifs is 1. The van der Waals surface area contributed by atoms with Crippen molar-refractivity contribution in [3.05, 3.63) is 34.4 Å². The van der Waals surface area contributed by atoms with Crippen molar-refractivity contribution < 1.29 is 4.79 Å². The van der Waals surface area contributed by atoms with Gasteiger partial charge in [-0.3, -0.25) is 4.79 Å². The van der Waals surface area contributed by atoms with Gasteiger partial charge in [-0.05, 0) is 65.7 Å². The topological polar surface area (TPSA) is 17.1 Å². The van der Waals surface area contributed by atoms with Crippen molar-refractivity contribution in [2.75, 3.05) is 0 Å². The van der Waals surface area contributed by atoms with Gasteiger partial charge in [-0.25, -0.2) is 0 Å². The summed E-state index contributed by atoms with van der Waals surface area (Å²) in [5, 5.41) is 0. The van der Waals surface area contributed by atoms with Crippen molar-refractivity contribution >= 4 is 5.78 Å². The van der Waals surface area contributed by atoms with Crippen LogP contribution in [-0.4, -0.2) is 5.78 Å². The lowest BCUT2D eigenvalue weighted by molar-refractivity contribution is 0.0987. The lowest BCUT2D eigenvalue weighted by Crippen LogP contribution is -2.37. The van der Waals surface area contributed by atoms with Gasteiger partial charge in [0.25, 0.3) is 0 Å². The first-order valence-electron chi connectivity index (χ1n) is 9.06. The number of rotatable bonds is 5. The predicted octanol–water partition coefficient (Wildman–Crippen LogP) is 5.97. The Bertz CT molecular complexity index is 572. The number of benzene rings is 1. The summed E-state index contributed by atoms with van der Waals surface area (Å²) in [6.07, 6.45) is 6.34. The minimum absolute atomic E-state index is 0.221. The van der Waals surface area contributed by atoms with E-state index in [9.17, 15) is 4.79 Å². The third kappa shape index (κ3) is 2.64. The SMILES string of the molecule is CCC(=O)c1cc2c(cc1CC)C(C)(CC)CCC2(C)CC. The number of carbonyl (C=O) groups is 1. The molecule has 1 aromatic rings. The molecule has 0 aromatic heterocycles. The van der Waals surface area contributed by atoms with Crippen molar-refractivity contribution in [3.63, 3.8) is 0 Å². The zero-order valence-corrected chi connectivity index (χ0v) is 15.3. The van der Waals surface area contributed by atoms with Crippen LogP contribution in [-0.2, 0) is 17.3 Å². The molecule has 1 nitrogen and oxygen atoms in total. The second-order valence-electron chi connectivity index (χ2n) is 7.51. The molecule has 0 radical (unpaired) electrons. The van der Waals surface area contributed by atoms with E-state index < -0.39 is 0 Å². The molecular weight excluding hydrogens is 268 g/mol. The molecule has 122 valence electrons. The normalized spacial score (nSPS) is 27.5. The number of hydrogen-bond acceptors (Lipinski definition) is 1. The van der Waals surface area contributed by atoms with Crippen molar-refractivity contribution in [2.24, 2.45) is 0 Å². The van der Waals surface area contributed by atoms with Crippen molar-refractivity contribution in [3.8, 4) is 0 Å². The summed E-state index contributed by atoms with van der Waals surface area (Å²) in [7, 11) is 0. The average molecular weight is 300 g/mol. The summed E-state index contributed by atoms with van der Waals surface area (Å²) in [5.74, 6) is 0.293. The van der Waals surface area contributed by atoms with Crippen molar-refractivity contribution in [1.82, 2.24) is 0 Å². The molecule has 1 aliphatic rings. The van der Waals surface area contributed by atoms with Gasteiger partial charge in [-0.2, -0.15) is 0 Å². The van der Waals surface area contributed by atoms with Crippen LogP contribution in [0.1, 0.15) is 101 Å². The highest BCUT2D eigenvalue weighted by molar-refractivity contribution is 5.97. The van der Waals surface area contributed by atoms with E-state index in [1.165, 1.54) is 36.0 Å². The maximum Gasteiger partial charge on any atom is 0.162 e. The number of ketones is 1. The Morgan fingerprint density at radius 2 is 1.45 bits per heavy atom. The number of aryl methyl sites for hydroxylation is 1. The predicted molar refractivity (Wildman–Crippen MR) is 95.0 cm³/mol. The zero-order valence-electron chi connectivity index (χ0n) is 15.3. The van der Waals surface area contributed by atoms with Crippen LogP contribution in [0.4, 0.5) is 0 Å². The molecule has 0 heterocycles.